The highest BCUT2D eigenvalue weighted by Crippen LogP contribution is 2.37. The van der Waals surface area contributed by atoms with Gasteiger partial charge in [0.2, 0.25) is 0 Å². The molecule has 0 atom stereocenters. The maximum Gasteiger partial charge on any atom is 0.250 e. The van der Waals surface area contributed by atoms with Crippen molar-refractivity contribution < 1.29 is 18.7 Å². The van der Waals surface area contributed by atoms with Crippen molar-refractivity contribution in [1.29, 1.82) is 0 Å². The molecule has 196 valence electrons. The van der Waals surface area contributed by atoms with Gasteiger partial charge in [-0.1, -0.05) is 53.7 Å². The van der Waals surface area contributed by atoms with Crippen LogP contribution in [-0.4, -0.2) is 29.5 Å². The molecule has 1 N–H and O–H groups in total. The van der Waals surface area contributed by atoms with E-state index in [1.165, 1.54) is 35.4 Å². The van der Waals surface area contributed by atoms with Gasteiger partial charge in [0.15, 0.2) is 15.8 Å². The summed E-state index contributed by atoms with van der Waals surface area (Å²) in [6.45, 7) is 2.31. The summed E-state index contributed by atoms with van der Waals surface area (Å²) in [5.41, 5.74) is 5.45. The smallest absolute Gasteiger partial charge is 0.250 e. The van der Waals surface area contributed by atoms with E-state index >= 15 is 0 Å². The van der Waals surface area contributed by atoms with Gasteiger partial charge in [-0.2, -0.15) is 5.10 Å². The van der Waals surface area contributed by atoms with Gasteiger partial charge in [0.1, 0.15) is 12.4 Å². The molecule has 6 nitrogen and oxygen atoms in total. The second-order valence-electron chi connectivity index (χ2n) is 7.73. The number of hydrogen-bond acceptors (Lipinski definition) is 7. The quantitative estimate of drug-likeness (QED) is 0.105. The Bertz CT molecular complexity index is 1430. The maximum absolute atomic E-state index is 14.0. The van der Waals surface area contributed by atoms with Crippen LogP contribution in [0.5, 0.6) is 11.5 Å². The third-order valence-electron chi connectivity index (χ3n) is 5.01. The third kappa shape index (κ3) is 7.80. The van der Waals surface area contributed by atoms with Crippen molar-refractivity contribution in [2.24, 2.45) is 5.10 Å². The molecule has 11 heteroatoms. The number of halogens is 3. The van der Waals surface area contributed by atoms with Crippen molar-refractivity contribution in [3.05, 3.63) is 92.5 Å². The van der Waals surface area contributed by atoms with E-state index in [4.69, 9.17) is 21.1 Å². The second-order valence-corrected chi connectivity index (χ2v) is 11.1. The van der Waals surface area contributed by atoms with E-state index in [1.54, 1.807) is 30.3 Å². The van der Waals surface area contributed by atoms with Crippen molar-refractivity contribution in [2.45, 2.75) is 17.9 Å². The number of hydrazone groups is 1. The summed E-state index contributed by atoms with van der Waals surface area (Å²) in [6.07, 6.45) is 1.51. The number of thiazole rings is 1. The van der Waals surface area contributed by atoms with E-state index in [-0.39, 0.29) is 24.1 Å². The number of ether oxygens (including phenoxy) is 2. The Morgan fingerprint density at radius 1 is 1.21 bits per heavy atom. The van der Waals surface area contributed by atoms with Gasteiger partial charge in [0.05, 0.1) is 28.7 Å². The van der Waals surface area contributed by atoms with Crippen LogP contribution in [0.3, 0.4) is 0 Å². The molecule has 0 bridgehead atoms. The first-order valence-electron chi connectivity index (χ1n) is 11.4. The summed E-state index contributed by atoms with van der Waals surface area (Å²) in [5.74, 6) is 0.497. The van der Waals surface area contributed by atoms with E-state index in [9.17, 15) is 9.18 Å². The van der Waals surface area contributed by atoms with Crippen LogP contribution < -0.4 is 14.9 Å². The highest BCUT2D eigenvalue weighted by atomic mass is 79.9. The standard InChI is InChI=1S/C27H22BrClFN3O3S2/c1-2-35-24-12-17(11-21(28)26(24)36-14-19-5-3-4-6-22(19)30)13-31-33-25(34)16-38-27-32-23(15-37-27)18-7-9-20(29)10-8-18/h3-13,15H,2,14,16H2,1H3,(H,33,34)/b31-13+. The first-order chi connectivity index (χ1) is 18.4. The average Bonchev–Trinajstić information content (AvgIpc) is 3.38. The minimum Gasteiger partial charge on any atom is -0.490 e. The number of nitrogens with zero attached hydrogens (tertiary/aromatic N) is 2. The van der Waals surface area contributed by atoms with Gasteiger partial charge >= 0.3 is 0 Å². The van der Waals surface area contributed by atoms with Crippen LogP contribution in [0, 0.1) is 5.82 Å². The molecule has 0 aliphatic carbocycles. The lowest BCUT2D eigenvalue weighted by molar-refractivity contribution is -0.118. The first-order valence-corrected chi connectivity index (χ1v) is 14.4. The summed E-state index contributed by atoms with van der Waals surface area (Å²) < 4.78 is 26.9. The van der Waals surface area contributed by atoms with E-state index in [2.05, 4.69) is 31.4 Å². The molecule has 38 heavy (non-hydrogen) atoms. The zero-order valence-electron chi connectivity index (χ0n) is 20.1. The maximum atomic E-state index is 14.0. The van der Waals surface area contributed by atoms with Crippen LogP contribution in [0.25, 0.3) is 11.3 Å². The molecule has 0 fully saturated rings. The molecule has 3 aromatic carbocycles. The van der Waals surface area contributed by atoms with Crippen molar-refractivity contribution in [2.75, 3.05) is 12.4 Å². The number of carbonyl (C=O) groups is 1. The molecule has 0 aliphatic heterocycles. The number of thioether (sulfide) groups is 1. The van der Waals surface area contributed by atoms with Crippen molar-refractivity contribution >= 4 is 62.8 Å². The molecule has 0 saturated carbocycles. The molecular weight excluding hydrogens is 613 g/mol. The van der Waals surface area contributed by atoms with Gasteiger partial charge in [-0.05, 0) is 58.7 Å². The monoisotopic (exact) mass is 633 g/mol. The van der Waals surface area contributed by atoms with Gasteiger partial charge in [-0.15, -0.1) is 11.3 Å². The van der Waals surface area contributed by atoms with Crippen LogP contribution in [0.2, 0.25) is 5.02 Å². The Balaban J connectivity index is 1.33. The van der Waals surface area contributed by atoms with Crippen LogP contribution in [0.4, 0.5) is 4.39 Å². The molecule has 0 saturated heterocycles. The average molecular weight is 635 g/mol. The van der Waals surface area contributed by atoms with Crippen LogP contribution in [-0.2, 0) is 11.4 Å². The number of carbonyl (C=O) groups excluding carboxylic acids is 1. The van der Waals surface area contributed by atoms with Crippen LogP contribution >= 0.6 is 50.6 Å². The molecule has 0 radical (unpaired) electrons. The van der Waals surface area contributed by atoms with E-state index in [0.717, 1.165) is 15.6 Å². The van der Waals surface area contributed by atoms with Crippen molar-refractivity contribution in [3.63, 3.8) is 0 Å². The summed E-state index contributed by atoms with van der Waals surface area (Å²) >= 11 is 12.2. The summed E-state index contributed by atoms with van der Waals surface area (Å²) in [7, 11) is 0. The summed E-state index contributed by atoms with van der Waals surface area (Å²) in [5, 5.41) is 6.67. The molecule has 0 unspecified atom stereocenters. The highest BCUT2D eigenvalue weighted by Gasteiger charge is 2.14. The number of benzene rings is 3. The molecule has 0 spiro atoms. The Hall–Kier alpha value is -2.92. The fraction of sp³-hybridized carbons (Fsp3) is 0.148. The van der Waals surface area contributed by atoms with E-state index in [0.29, 0.717) is 38.7 Å². The van der Waals surface area contributed by atoms with Gasteiger partial charge in [-0.3, -0.25) is 4.79 Å². The molecule has 1 aromatic heterocycles. The minimum absolute atomic E-state index is 0.0484. The van der Waals surface area contributed by atoms with Crippen molar-refractivity contribution in [3.8, 4) is 22.8 Å². The fourth-order valence-corrected chi connectivity index (χ4v) is 5.57. The van der Waals surface area contributed by atoms with Gasteiger partial charge in [0, 0.05) is 21.5 Å². The van der Waals surface area contributed by atoms with Crippen LogP contribution in [0.15, 0.2) is 80.0 Å². The Labute approximate surface area is 241 Å². The summed E-state index contributed by atoms with van der Waals surface area (Å²) in [4.78, 5) is 16.9. The summed E-state index contributed by atoms with van der Waals surface area (Å²) in [6, 6.07) is 17.4. The highest BCUT2D eigenvalue weighted by molar-refractivity contribution is 9.10. The molecule has 4 rings (SSSR count). The number of rotatable bonds is 11. The molecule has 1 amide bonds. The van der Waals surface area contributed by atoms with Gasteiger partial charge in [0.25, 0.3) is 5.91 Å². The fourth-order valence-electron chi connectivity index (χ4n) is 3.25. The van der Waals surface area contributed by atoms with E-state index in [1.807, 2.05) is 36.6 Å². The lowest BCUT2D eigenvalue weighted by Crippen LogP contribution is -2.19. The van der Waals surface area contributed by atoms with Crippen LogP contribution in [0.1, 0.15) is 18.1 Å². The topological polar surface area (TPSA) is 72.8 Å². The first kappa shape index (κ1) is 28.1. The second kappa shape index (κ2) is 13.7. The molecule has 4 aromatic rings. The molecular formula is C27H22BrClFN3O3S2. The largest absolute Gasteiger partial charge is 0.490 e. The SMILES string of the molecule is CCOc1cc(/C=N/NC(=O)CSc2nc(-c3ccc(Cl)cc3)cs2)cc(Br)c1OCc1ccccc1F. The Kier molecular flexibility index (Phi) is 10.2. The van der Waals surface area contributed by atoms with Gasteiger partial charge in [-0.25, -0.2) is 14.8 Å². The number of amides is 1. The Morgan fingerprint density at radius 2 is 2.00 bits per heavy atom. The number of nitrogens with one attached hydrogen (secondary N) is 1. The van der Waals surface area contributed by atoms with E-state index < -0.39 is 0 Å². The number of hydrogen-bond donors (Lipinski definition) is 1. The molecule has 0 aliphatic rings. The third-order valence-corrected chi connectivity index (χ3v) is 7.88. The normalized spacial score (nSPS) is 11.1. The minimum atomic E-state index is -0.337. The zero-order valence-corrected chi connectivity index (χ0v) is 24.1. The number of aromatic nitrogens is 1. The van der Waals surface area contributed by atoms with Crippen molar-refractivity contribution in [1.82, 2.24) is 10.4 Å². The molecule has 1 heterocycles. The predicted octanol–water partition coefficient (Wildman–Crippen LogP) is 7.59. The Morgan fingerprint density at radius 3 is 2.76 bits per heavy atom. The zero-order chi connectivity index (χ0) is 26.9. The lowest BCUT2D eigenvalue weighted by Gasteiger charge is -2.15. The van der Waals surface area contributed by atoms with Gasteiger partial charge < -0.3 is 9.47 Å². The predicted molar refractivity (Wildman–Crippen MR) is 155 cm³/mol. The lowest BCUT2D eigenvalue weighted by atomic mass is 10.2.